The molecule has 0 heterocycles. The van der Waals surface area contributed by atoms with E-state index in [4.69, 9.17) is 0 Å². The lowest BCUT2D eigenvalue weighted by Crippen LogP contribution is -2.20. The van der Waals surface area contributed by atoms with Crippen LogP contribution in [0.2, 0.25) is 0 Å². The van der Waals surface area contributed by atoms with E-state index < -0.39 is 0 Å². The van der Waals surface area contributed by atoms with E-state index in [1.807, 2.05) is 0 Å². The van der Waals surface area contributed by atoms with Gasteiger partial charge in [-0.05, 0) is 51.7 Å². The van der Waals surface area contributed by atoms with Gasteiger partial charge in [0.05, 0.1) is 0 Å². The molecule has 132 valence electrons. The Balaban J connectivity index is 3.60. The first-order chi connectivity index (χ1) is 10.2. The molecule has 0 saturated heterocycles. The SMILES string of the molecule is CC(C)CC(c1cc(C(C)(C)C)c(O)c(C(C)(C)C)c1)C(C)C. The summed E-state index contributed by atoms with van der Waals surface area (Å²) < 4.78 is 0. The Bertz CT molecular complexity index is 489. The van der Waals surface area contributed by atoms with Gasteiger partial charge in [0, 0.05) is 0 Å². The van der Waals surface area contributed by atoms with Crippen LogP contribution in [0.15, 0.2) is 12.1 Å². The maximum atomic E-state index is 10.9. The molecule has 0 aliphatic heterocycles. The molecule has 1 unspecified atom stereocenters. The third kappa shape index (κ3) is 4.99. The van der Waals surface area contributed by atoms with E-state index in [1.165, 1.54) is 12.0 Å². The van der Waals surface area contributed by atoms with Crippen LogP contribution in [0.25, 0.3) is 0 Å². The van der Waals surface area contributed by atoms with Crippen molar-refractivity contribution in [2.75, 3.05) is 0 Å². The summed E-state index contributed by atoms with van der Waals surface area (Å²) in [5.41, 5.74) is 3.43. The van der Waals surface area contributed by atoms with Gasteiger partial charge in [-0.1, -0.05) is 81.4 Å². The zero-order valence-corrected chi connectivity index (χ0v) is 17.0. The topological polar surface area (TPSA) is 20.2 Å². The van der Waals surface area contributed by atoms with Gasteiger partial charge in [-0.2, -0.15) is 0 Å². The molecule has 0 aromatic heterocycles. The van der Waals surface area contributed by atoms with Crippen LogP contribution in [0.4, 0.5) is 0 Å². The fourth-order valence-corrected chi connectivity index (χ4v) is 3.32. The number of hydrogen-bond donors (Lipinski definition) is 1. The van der Waals surface area contributed by atoms with Crippen molar-refractivity contribution in [3.63, 3.8) is 0 Å². The Morgan fingerprint density at radius 2 is 1.22 bits per heavy atom. The molecule has 1 aromatic carbocycles. The second-order valence-electron chi connectivity index (χ2n) is 9.94. The summed E-state index contributed by atoms with van der Waals surface area (Å²) in [5.74, 6) is 2.30. The van der Waals surface area contributed by atoms with Crippen molar-refractivity contribution in [3.05, 3.63) is 28.8 Å². The molecule has 1 aromatic rings. The Morgan fingerprint density at radius 3 is 1.48 bits per heavy atom. The van der Waals surface area contributed by atoms with E-state index in [9.17, 15) is 5.11 Å². The summed E-state index contributed by atoms with van der Waals surface area (Å²) >= 11 is 0. The number of aromatic hydroxyl groups is 1. The maximum absolute atomic E-state index is 10.9. The molecule has 0 radical (unpaired) electrons. The predicted octanol–water partition coefficient (Wildman–Crippen LogP) is 6.77. The summed E-state index contributed by atoms with van der Waals surface area (Å²) in [6.07, 6.45) is 1.19. The minimum Gasteiger partial charge on any atom is -0.507 e. The lowest BCUT2D eigenvalue weighted by Gasteiger charge is -2.31. The quantitative estimate of drug-likeness (QED) is 0.649. The zero-order valence-electron chi connectivity index (χ0n) is 17.0. The molecule has 1 nitrogen and oxygen atoms in total. The zero-order chi connectivity index (χ0) is 18.2. The molecule has 1 atom stereocenters. The summed E-state index contributed by atoms with van der Waals surface area (Å²) in [7, 11) is 0. The van der Waals surface area contributed by atoms with Crippen LogP contribution < -0.4 is 0 Å². The average Bonchev–Trinajstić information content (AvgIpc) is 2.33. The second-order valence-corrected chi connectivity index (χ2v) is 9.94. The van der Waals surface area contributed by atoms with E-state index in [1.54, 1.807) is 0 Å². The monoisotopic (exact) mass is 318 g/mol. The first kappa shape index (κ1) is 20.1. The van der Waals surface area contributed by atoms with Gasteiger partial charge in [0.25, 0.3) is 0 Å². The maximum Gasteiger partial charge on any atom is 0.123 e. The Kier molecular flexibility index (Phi) is 5.99. The molecule has 1 heteroatoms. The Morgan fingerprint density at radius 1 is 0.826 bits per heavy atom. The summed E-state index contributed by atoms with van der Waals surface area (Å²) in [6, 6.07) is 4.52. The van der Waals surface area contributed by atoms with Crippen LogP contribution in [-0.4, -0.2) is 5.11 Å². The third-order valence-corrected chi connectivity index (χ3v) is 4.71. The first-order valence-electron chi connectivity index (χ1n) is 9.13. The molecule has 23 heavy (non-hydrogen) atoms. The standard InChI is InChI=1S/C22H38O/c1-14(2)11-17(15(3)4)16-12-18(21(5,6)7)20(23)19(13-16)22(8,9)10/h12-15,17,23H,11H2,1-10H3. The van der Waals surface area contributed by atoms with Crippen LogP contribution in [0.1, 0.15) is 98.3 Å². The summed E-state index contributed by atoms with van der Waals surface area (Å²) in [5, 5.41) is 10.9. The van der Waals surface area contributed by atoms with Gasteiger partial charge in [0.2, 0.25) is 0 Å². The highest BCUT2D eigenvalue weighted by Crippen LogP contribution is 2.43. The highest BCUT2D eigenvalue weighted by Gasteiger charge is 2.29. The molecule has 0 aliphatic rings. The van der Waals surface area contributed by atoms with Crippen molar-refractivity contribution in [2.45, 2.75) is 92.4 Å². The largest absolute Gasteiger partial charge is 0.507 e. The Hall–Kier alpha value is -0.980. The molecule has 0 amide bonds. The van der Waals surface area contributed by atoms with Gasteiger partial charge in [-0.3, -0.25) is 0 Å². The molecule has 0 fully saturated rings. The lowest BCUT2D eigenvalue weighted by atomic mass is 9.74. The van der Waals surface area contributed by atoms with Crippen LogP contribution in [0.3, 0.4) is 0 Å². The van der Waals surface area contributed by atoms with Crippen molar-refractivity contribution < 1.29 is 5.11 Å². The van der Waals surface area contributed by atoms with Crippen molar-refractivity contribution in [3.8, 4) is 5.75 Å². The molecule has 0 aliphatic carbocycles. The molecular weight excluding hydrogens is 280 g/mol. The first-order valence-corrected chi connectivity index (χ1v) is 9.13. The number of rotatable bonds is 4. The van der Waals surface area contributed by atoms with Gasteiger partial charge in [0.15, 0.2) is 0 Å². The molecule has 0 spiro atoms. The lowest BCUT2D eigenvalue weighted by molar-refractivity contribution is 0.398. The fraction of sp³-hybridized carbons (Fsp3) is 0.727. The van der Waals surface area contributed by atoms with Crippen molar-refractivity contribution in [1.29, 1.82) is 0 Å². The van der Waals surface area contributed by atoms with Gasteiger partial charge in [-0.25, -0.2) is 0 Å². The Labute approximate surface area is 144 Å². The van der Waals surface area contributed by atoms with E-state index in [0.29, 0.717) is 23.5 Å². The van der Waals surface area contributed by atoms with E-state index in [-0.39, 0.29) is 10.8 Å². The van der Waals surface area contributed by atoms with Crippen LogP contribution >= 0.6 is 0 Å². The van der Waals surface area contributed by atoms with E-state index >= 15 is 0 Å². The van der Waals surface area contributed by atoms with E-state index in [2.05, 4.69) is 81.4 Å². The van der Waals surface area contributed by atoms with Gasteiger partial charge in [0.1, 0.15) is 5.75 Å². The van der Waals surface area contributed by atoms with Crippen LogP contribution in [0, 0.1) is 11.8 Å². The summed E-state index contributed by atoms with van der Waals surface area (Å²) in [4.78, 5) is 0. The predicted molar refractivity (Wildman–Crippen MR) is 103 cm³/mol. The van der Waals surface area contributed by atoms with Gasteiger partial charge >= 0.3 is 0 Å². The highest BCUT2D eigenvalue weighted by molar-refractivity contribution is 5.50. The van der Waals surface area contributed by atoms with Crippen LogP contribution in [-0.2, 0) is 10.8 Å². The molecule has 1 N–H and O–H groups in total. The van der Waals surface area contributed by atoms with Gasteiger partial charge in [-0.15, -0.1) is 0 Å². The smallest absolute Gasteiger partial charge is 0.123 e. The summed E-state index contributed by atoms with van der Waals surface area (Å²) in [6.45, 7) is 22.3. The normalized spacial score (nSPS) is 14.6. The number of phenols is 1. The van der Waals surface area contributed by atoms with Crippen molar-refractivity contribution in [1.82, 2.24) is 0 Å². The van der Waals surface area contributed by atoms with E-state index in [0.717, 1.165) is 11.1 Å². The average molecular weight is 319 g/mol. The fourth-order valence-electron chi connectivity index (χ4n) is 3.32. The highest BCUT2D eigenvalue weighted by atomic mass is 16.3. The number of phenolic OH excluding ortho intramolecular Hbond substituents is 1. The molecule has 0 saturated carbocycles. The second kappa shape index (κ2) is 6.87. The number of benzene rings is 1. The van der Waals surface area contributed by atoms with Crippen molar-refractivity contribution in [2.24, 2.45) is 11.8 Å². The van der Waals surface area contributed by atoms with Crippen LogP contribution in [0.5, 0.6) is 5.75 Å². The molecular formula is C22H38O. The third-order valence-electron chi connectivity index (χ3n) is 4.71. The van der Waals surface area contributed by atoms with Crippen molar-refractivity contribution >= 4 is 0 Å². The molecule has 1 rings (SSSR count). The minimum atomic E-state index is -0.0561. The van der Waals surface area contributed by atoms with Gasteiger partial charge < -0.3 is 5.11 Å². The molecule has 0 bridgehead atoms. The minimum absolute atomic E-state index is 0.0561. The number of hydrogen-bond acceptors (Lipinski definition) is 1.